The maximum atomic E-state index is 12.4. The van der Waals surface area contributed by atoms with Gasteiger partial charge in [0.2, 0.25) is 10.0 Å². The smallest absolute Gasteiger partial charge is 0.241 e. The molecule has 0 aliphatic heterocycles. The third-order valence-electron chi connectivity index (χ3n) is 2.87. The van der Waals surface area contributed by atoms with Crippen LogP contribution in [-0.2, 0) is 10.0 Å². The van der Waals surface area contributed by atoms with Crippen LogP contribution >= 0.6 is 11.6 Å². The monoisotopic (exact) mass is 304 g/mol. The summed E-state index contributed by atoms with van der Waals surface area (Å²) in [7, 11) is -3.60. The first kappa shape index (κ1) is 16.3. The van der Waals surface area contributed by atoms with Crippen LogP contribution in [0.4, 0.5) is 5.69 Å². The number of nitrogen functional groups attached to an aromatic ring is 1. The van der Waals surface area contributed by atoms with Crippen LogP contribution in [0.1, 0.15) is 39.2 Å². The molecule has 1 aromatic carbocycles. The summed E-state index contributed by atoms with van der Waals surface area (Å²) in [6, 6.07) is 2.97. The Balaban J connectivity index is 3.18. The van der Waals surface area contributed by atoms with E-state index in [1.165, 1.54) is 6.07 Å². The molecule has 19 heavy (non-hydrogen) atoms. The van der Waals surface area contributed by atoms with E-state index in [2.05, 4.69) is 4.72 Å². The lowest BCUT2D eigenvalue weighted by molar-refractivity contribution is 0.417. The number of aryl methyl sites for hydroxylation is 1. The van der Waals surface area contributed by atoms with Crippen molar-refractivity contribution in [2.75, 3.05) is 5.73 Å². The molecule has 4 nitrogen and oxygen atoms in total. The maximum Gasteiger partial charge on any atom is 0.241 e. The Bertz CT molecular complexity index is 568. The topological polar surface area (TPSA) is 72.2 Å². The van der Waals surface area contributed by atoms with Crippen LogP contribution < -0.4 is 10.5 Å². The number of sulfonamides is 1. The minimum Gasteiger partial charge on any atom is -0.397 e. The third kappa shape index (κ3) is 4.09. The van der Waals surface area contributed by atoms with E-state index in [1.807, 2.05) is 20.8 Å². The summed E-state index contributed by atoms with van der Waals surface area (Å²) in [4.78, 5) is 0.179. The van der Waals surface area contributed by atoms with Crippen LogP contribution in [0.3, 0.4) is 0 Å². The summed E-state index contributed by atoms with van der Waals surface area (Å²) in [5.41, 5.74) is 6.04. The average Bonchev–Trinajstić information content (AvgIpc) is 2.21. The van der Waals surface area contributed by atoms with E-state index in [-0.39, 0.29) is 10.6 Å². The number of rotatable bonds is 5. The molecule has 0 amide bonds. The van der Waals surface area contributed by atoms with Crippen LogP contribution in [0.15, 0.2) is 17.0 Å². The standard InChI is InChI=1S/C13H21ClN2O2S/c1-5-6-13(3,4)16-19(17,18)12-8-11(15)10(14)7-9(12)2/h7-8,16H,5-6,15H2,1-4H3. The first-order valence-electron chi connectivity index (χ1n) is 6.18. The zero-order valence-corrected chi connectivity index (χ0v) is 13.3. The van der Waals surface area contributed by atoms with Crippen molar-refractivity contribution in [3.05, 3.63) is 22.7 Å². The van der Waals surface area contributed by atoms with E-state index in [9.17, 15) is 8.42 Å². The molecule has 108 valence electrons. The first-order valence-corrected chi connectivity index (χ1v) is 8.05. The lowest BCUT2D eigenvalue weighted by atomic mass is 10.0. The molecule has 0 atom stereocenters. The van der Waals surface area contributed by atoms with Crippen molar-refractivity contribution >= 4 is 27.3 Å². The molecule has 3 N–H and O–H groups in total. The summed E-state index contributed by atoms with van der Waals surface area (Å²) in [6.07, 6.45) is 1.66. The van der Waals surface area contributed by atoms with Gasteiger partial charge in [0.15, 0.2) is 0 Å². The van der Waals surface area contributed by atoms with Crippen LogP contribution in [0.5, 0.6) is 0 Å². The third-order valence-corrected chi connectivity index (χ3v) is 5.04. The van der Waals surface area contributed by atoms with Gasteiger partial charge in [0.25, 0.3) is 0 Å². The first-order chi connectivity index (χ1) is 8.59. The van der Waals surface area contributed by atoms with Gasteiger partial charge in [-0.25, -0.2) is 13.1 Å². The van der Waals surface area contributed by atoms with Crippen molar-refractivity contribution in [1.29, 1.82) is 0 Å². The number of nitrogens with one attached hydrogen (secondary N) is 1. The van der Waals surface area contributed by atoms with Gasteiger partial charge >= 0.3 is 0 Å². The van der Waals surface area contributed by atoms with Crippen molar-refractivity contribution in [1.82, 2.24) is 4.72 Å². The van der Waals surface area contributed by atoms with Gasteiger partial charge < -0.3 is 5.73 Å². The fourth-order valence-electron chi connectivity index (χ4n) is 2.05. The molecular formula is C13H21ClN2O2S. The molecule has 1 aromatic rings. The highest BCUT2D eigenvalue weighted by atomic mass is 35.5. The predicted molar refractivity (Wildman–Crippen MR) is 79.9 cm³/mol. The Hall–Kier alpha value is -0.780. The van der Waals surface area contributed by atoms with Gasteiger partial charge in [-0.1, -0.05) is 24.9 Å². The van der Waals surface area contributed by atoms with E-state index < -0.39 is 15.6 Å². The van der Waals surface area contributed by atoms with E-state index >= 15 is 0 Å². The van der Waals surface area contributed by atoms with E-state index in [0.29, 0.717) is 10.6 Å². The molecule has 0 fully saturated rings. The summed E-state index contributed by atoms with van der Waals surface area (Å²) in [5.74, 6) is 0. The lowest BCUT2D eigenvalue weighted by Gasteiger charge is -2.26. The summed E-state index contributed by atoms with van der Waals surface area (Å²) in [6.45, 7) is 7.44. The number of halogens is 1. The minimum absolute atomic E-state index is 0.179. The second kappa shape index (κ2) is 5.69. The number of anilines is 1. The highest BCUT2D eigenvalue weighted by Gasteiger charge is 2.27. The van der Waals surface area contributed by atoms with Crippen molar-refractivity contribution in [2.45, 2.75) is 51.0 Å². The van der Waals surface area contributed by atoms with Crippen molar-refractivity contribution < 1.29 is 8.42 Å². The van der Waals surface area contributed by atoms with Crippen molar-refractivity contribution in [3.8, 4) is 0 Å². The zero-order chi connectivity index (χ0) is 14.8. The number of nitrogens with two attached hydrogens (primary N) is 1. The molecule has 6 heteroatoms. The van der Waals surface area contributed by atoms with E-state index in [0.717, 1.165) is 12.8 Å². The maximum absolute atomic E-state index is 12.4. The molecule has 0 radical (unpaired) electrons. The number of benzene rings is 1. The largest absolute Gasteiger partial charge is 0.397 e. The SMILES string of the molecule is CCCC(C)(C)NS(=O)(=O)c1cc(N)c(Cl)cc1C. The molecular weight excluding hydrogens is 284 g/mol. The number of hydrogen-bond donors (Lipinski definition) is 2. The molecule has 0 heterocycles. The molecule has 0 aliphatic carbocycles. The number of hydrogen-bond acceptors (Lipinski definition) is 3. The molecule has 0 spiro atoms. The summed E-state index contributed by atoms with van der Waals surface area (Å²) in [5, 5.41) is 0.365. The van der Waals surface area contributed by atoms with Gasteiger partial charge in [0.05, 0.1) is 15.6 Å². The van der Waals surface area contributed by atoms with Crippen LogP contribution in [-0.4, -0.2) is 14.0 Å². The van der Waals surface area contributed by atoms with E-state index in [1.54, 1.807) is 13.0 Å². The Morgan fingerprint density at radius 1 is 1.37 bits per heavy atom. The molecule has 0 aliphatic rings. The minimum atomic E-state index is -3.60. The Morgan fingerprint density at radius 3 is 2.47 bits per heavy atom. The Labute approximate surface area is 120 Å². The van der Waals surface area contributed by atoms with Crippen molar-refractivity contribution in [2.24, 2.45) is 0 Å². The Kier molecular flexibility index (Phi) is 4.87. The van der Waals surface area contributed by atoms with Crippen LogP contribution in [0.25, 0.3) is 0 Å². The molecule has 0 unspecified atom stereocenters. The normalized spacial score (nSPS) is 12.7. The van der Waals surface area contributed by atoms with Crippen LogP contribution in [0.2, 0.25) is 5.02 Å². The fraction of sp³-hybridized carbons (Fsp3) is 0.538. The van der Waals surface area contributed by atoms with Crippen LogP contribution in [0, 0.1) is 6.92 Å². The molecule has 1 rings (SSSR count). The molecule has 0 saturated carbocycles. The fourth-order valence-corrected chi connectivity index (χ4v) is 3.98. The molecule has 0 bridgehead atoms. The highest BCUT2D eigenvalue weighted by Crippen LogP contribution is 2.27. The van der Waals surface area contributed by atoms with Crippen molar-refractivity contribution in [3.63, 3.8) is 0 Å². The van der Waals surface area contributed by atoms with Gasteiger partial charge in [-0.2, -0.15) is 0 Å². The average molecular weight is 305 g/mol. The van der Waals surface area contributed by atoms with Gasteiger partial charge in [-0.15, -0.1) is 0 Å². The second-order valence-corrected chi connectivity index (χ2v) is 7.44. The predicted octanol–water partition coefficient (Wildman–Crippen LogP) is 3.09. The second-order valence-electron chi connectivity index (χ2n) is 5.38. The highest BCUT2D eigenvalue weighted by molar-refractivity contribution is 7.89. The summed E-state index contributed by atoms with van der Waals surface area (Å²) >= 11 is 5.88. The van der Waals surface area contributed by atoms with Gasteiger partial charge in [-0.3, -0.25) is 0 Å². The zero-order valence-electron chi connectivity index (χ0n) is 11.7. The van der Waals surface area contributed by atoms with Gasteiger partial charge in [-0.05, 0) is 44.9 Å². The quantitative estimate of drug-likeness (QED) is 0.821. The summed E-state index contributed by atoms with van der Waals surface area (Å²) < 4.78 is 27.5. The molecule has 0 aromatic heterocycles. The van der Waals surface area contributed by atoms with Gasteiger partial charge in [0, 0.05) is 5.54 Å². The van der Waals surface area contributed by atoms with Gasteiger partial charge in [0.1, 0.15) is 0 Å². The molecule has 0 saturated heterocycles. The van der Waals surface area contributed by atoms with E-state index in [4.69, 9.17) is 17.3 Å². The lowest BCUT2D eigenvalue weighted by Crippen LogP contribution is -2.43. The Morgan fingerprint density at radius 2 is 1.95 bits per heavy atom.